The van der Waals surface area contributed by atoms with Crippen molar-refractivity contribution in [1.82, 2.24) is 9.88 Å². The fourth-order valence-electron chi connectivity index (χ4n) is 2.16. The largest absolute Gasteiger partial charge is 0.334 e. The lowest BCUT2D eigenvalue weighted by atomic mass is 10.1. The van der Waals surface area contributed by atoms with Gasteiger partial charge in [0.05, 0.1) is 6.04 Å². The van der Waals surface area contributed by atoms with Crippen LogP contribution in [0.5, 0.6) is 0 Å². The maximum absolute atomic E-state index is 12.6. The van der Waals surface area contributed by atoms with E-state index in [1.807, 2.05) is 37.6 Å². The summed E-state index contributed by atoms with van der Waals surface area (Å²) in [7, 11) is 1.82. The zero-order valence-corrected chi connectivity index (χ0v) is 14.0. The molecule has 1 atom stereocenters. The van der Waals surface area contributed by atoms with Crippen LogP contribution < -0.4 is 0 Å². The van der Waals surface area contributed by atoms with Crippen LogP contribution >= 0.6 is 22.9 Å². The van der Waals surface area contributed by atoms with Crippen molar-refractivity contribution in [3.05, 3.63) is 50.9 Å². The topological polar surface area (TPSA) is 33.2 Å². The predicted octanol–water partition coefficient (Wildman–Crippen LogP) is 4.58. The summed E-state index contributed by atoms with van der Waals surface area (Å²) in [5, 5.41) is 2.40. The number of carbonyl (C=O) groups is 1. The average molecular weight is 323 g/mol. The Bertz CT molecular complexity index is 613. The van der Waals surface area contributed by atoms with E-state index in [2.05, 4.69) is 11.9 Å². The van der Waals surface area contributed by atoms with Gasteiger partial charge < -0.3 is 4.90 Å². The molecule has 0 spiro atoms. The number of aromatic nitrogens is 1. The molecular weight excluding hydrogens is 304 g/mol. The molecule has 0 N–H and O–H groups in total. The second-order valence-electron chi connectivity index (χ2n) is 5.03. The molecule has 0 aliphatic rings. The van der Waals surface area contributed by atoms with Gasteiger partial charge in [0.25, 0.3) is 5.91 Å². The van der Waals surface area contributed by atoms with E-state index in [-0.39, 0.29) is 11.9 Å². The first-order chi connectivity index (χ1) is 10.0. The number of hydrogen-bond acceptors (Lipinski definition) is 3. The highest BCUT2D eigenvalue weighted by atomic mass is 35.5. The average Bonchev–Trinajstić information content (AvgIpc) is 2.98. The molecule has 2 heterocycles. The van der Waals surface area contributed by atoms with Crippen molar-refractivity contribution in [2.24, 2.45) is 0 Å². The number of hydrogen-bond donors (Lipinski definition) is 0. The Labute approximate surface area is 134 Å². The van der Waals surface area contributed by atoms with E-state index < -0.39 is 0 Å². The zero-order valence-electron chi connectivity index (χ0n) is 12.5. The summed E-state index contributed by atoms with van der Waals surface area (Å²) in [4.78, 5) is 19.8. The second kappa shape index (κ2) is 7.05. The maximum atomic E-state index is 12.6. The third kappa shape index (κ3) is 3.83. The molecule has 112 valence electrons. The molecule has 0 aliphatic heterocycles. The van der Waals surface area contributed by atoms with Crippen molar-refractivity contribution in [2.45, 2.75) is 32.7 Å². The summed E-state index contributed by atoms with van der Waals surface area (Å²) >= 11 is 7.69. The molecular formula is C16H19ClN2OS. The number of halogens is 1. The molecule has 1 unspecified atom stereocenters. The molecule has 2 aromatic rings. The Morgan fingerprint density at radius 3 is 2.86 bits per heavy atom. The summed E-state index contributed by atoms with van der Waals surface area (Å²) in [5.41, 5.74) is 1.47. The van der Waals surface area contributed by atoms with E-state index in [0.717, 1.165) is 18.5 Å². The highest BCUT2D eigenvalue weighted by molar-refractivity contribution is 7.10. The second-order valence-corrected chi connectivity index (χ2v) is 6.39. The molecule has 2 rings (SSSR count). The zero-order chi connectivity index (χ0) is 15.4. The minimum atomic E-state index is -0.0300. The number of thiophene rings is 1. The van der Waals surface area contributed by atoms with Gasteiger partial charge in [-0.1, -0.05) is 31.0 Å². The molecule has 3 nitrogen and oxygen atoms in total. The first-order valence-electron chi connectivity index (χ1n) is 7.00. The van der Waals surface area contributed by atoms with Gasteiger partial charge >= 0.3 is 0 Å². The summed E-state index contributed by atoms with van der Waals surface area (Å²) in [6, 6.07) is 7.56. The minimum Gasteiger partial charge on any atom is -0.334 e. The first kappa shape index (κ1) is 16.0. The normalized spacial score (nSPS) is 12.2. The van der Waals surface area contributed by atoms with Crippen LogP contribution in [-0.4, -0.2) is 22.8 Å². The van der Waals surface area contributed by atoms with Gasteiger partial charge in [-0.25, -0.2) is 4.98 Å². The van der Waals surface area contributed by atoms with Gasteiger partial charge in [-0.2, -0.15) is 0 Å². The fraction of sp³-hybridized carbons (Fsp3) is 0.375. The van der Waals surface area contributed by atoms with Gasteiger partial charge in [0.1, 0.15) is 5.15 Å². The Kier molecular flexibility index (Phi) is 5.37. The van der Waals surface area contributed by atoms with Gasteiger partial charge in [-0.05, 0) is 36.9 Å². The molecule has 0 bridgehead atoms. The van der Waals surface area contributed by atoms with Gasteiger partial charge in [-0.15, -0.1) is 11.3 Å². The van der Waals surface area contributed by atoms with Crippen LogP contribution in [0.15, 0.2) is 29.6 Å². The van der Waals surface area contributed by atoms with Crippen LogP contribution in [0.4, 0.5) is 0 Å². The molecule has 5 heteroatoms. The van der Waals surface area contributed by atoms with Crippen molar-refractivity contribution < 1.29 is 4.79 Å². The van der Waals surface area contributed by atoms with E-state index >= 15 is 0 Å². The quantitative estimate of drug-likeness (QED) is 0.755. The molecule has 0 radical (unpaired) electrons. The maximum Gasteiger partial charge on any atom is 0.254 e. The van der Waals surface area contributed by atoms with E-state index in [1.165, 1.54) is 4.88 Å². The van der Waals surface area contributed by atoms with Crippen molar-refractivity contribution in [3.63, 3.8) is 0 Å². The summed E-state index contributed by atoms with van der Waals surface area (Å²) in [6.45, 7) is 4.11. The fourth-order valence-corrected chi connectivity index (χ4v) is 3.21. The molecule has 1 amide bonds. The monoisotopic (exact) mass is 322 g/mol. The van der Waals surface area contributed by atoms with E-state index in [1.54, 1.807) is 22.3 Å². The van der Waals surface area contributed by atoms with Crippen LogP contribution in [0.3, 0.4) is 0 Å². The molecule has 0 fully saturated rings. The van der Waals surface area contributed by atoms with Crippen molar-refractivity contribution >= 4 is 28.8 Å². The Balaban J connectivity index is 2.22. The van der Waals surface area contributed by atoms with Gasteiger partial charge in [0, 0.05) is 23.2 Å². The number of carbonyl (C=O) groups excluding carboxylic acids is 1. The lowest BCUT2D eigenvalue weighted by Crippen LogP contribution is -2.29. The van der Waals surface area contributed by atoms with Crippen LogP contribution in [0.1, 0.15) is 47.2 Å². The van der Waals surface area contributed by atoms with E-state index in [4.69, 9.17) is 11.6 Å². The molecule has 0 saturated carbocycles. The molecule has 0 saturated heterocycles. The van der Waals surface area contributed by atoms with E-state index in [0.29, 0.717) is 10.7 Å². The van der Waals surface area contributed by atoms with Crippen LogP contribution in [0.2, 0.25) is 5.15 Å². The van der Waals surface area contributed by atoms with Crippen LogP contribution in [-0.2, 0) is 6.42 Å². The molecule has 2 aromatic heterocycles. The number of aryl methyl sites for hydroxylation is 1. The Morgan fingerprint density at radius 1 is 1.48 bits per heavy atom. The lowest BCUT2D eigenvalue weighted by molar-refractivity contribution is 0.0744. The van der Waals surface area contributed by atoms with Gasteiger partial charge in [-0.3, -0.25) is 4.79 Å². The third-order valence-electron chi connectivity index (χ3n) is 3.46. The lowest BCUT2D eigenvalue weighted by Gasteiger charge is -2.24. The standard InChI is InChI=1S/C16H19ClN2OS/c1-4-6-13-9-12(10-15(17)18-13)16(20)19(3)11(2)14-7-5-8-21-14/h5,7-11H,4,6H2,1-3H3. The number of rotatable bonds is 5. The summed E-state index contributed by atoms with van der Waals surface area (Å²) in [5.74, 6) is -0.0300. The van der Waals surface area contributed by atoms with Crippen molar-refractivity contribution in [3.8, 4) is 0 Å². The van der Waals surface area contributed by atoms with Crippen molar-refractivity contribution in [2.75, 3.05) is 7.05 Å². The highest BCUT2D eigenvalue weighted by Gasteiger charge is 2.20. The summed E-state index contributed by atoms with van der Waals surface area (Å²) in [6.07, 6.45) is 1.80. The molecule has 0 aliphatic carbocycles. The predicted molar refractivity (Wildman–Crippen MR) is 88.1 cm³/mol. The van der Waals surface area contributed by atoms with Crippen LogP contribution in [0, 0.1) is 0 Å². The third-order valence-corrected chi connectivity index (χ3v) is 4.69. The SMILES string of the molecule is CCCc1cc(C(=O)N(C)C(C)c2cccs2)cc(Cl)n1. The molecule has 0 aromatic carbocycles. The minimum absolute atomic E-state index is 0.0300. The highest BCUT2D eigenvalue weighted by Crippen LogP contribution is 2.25. The summed E-state index contributed by atoms with van der Waals surface area (Å²) < 4.78 is 0. The number of pyridine rings is 1. The number of nitrogens with zero attached hydrogens (tertiary/aromatic N) is 2. The first-order valence-corrected chi connectivity index (χ1v) is 8.25. The van der Waals surface area contributed by atoms with E-state index in [9.17, 15) is 4.79 Å². The Morgan fingerprint density at radius 2 is 2.24 bits per heavy atom. The van der Waals surface area contributed by atoms with Crippen molar-refractivity contribution in [1.29, 1.82) is 0 Å². The smallest absolute Gasteiger partial charge is 0.254 e. The Hall–Kier alpha value is -1.39. The van der Waals surface area contributed by atoms with Crippen LogP contribution in [0.25, 0.3) is 0 Å². The van der Waals surface area contributed by atoms with Gasteiger partial charge in [0.15, 0.2) is 0 Å². The number of amides is 1. The molecule has 21 heavy (non-hydrogen) atoms. The van der Waals surface area contributed by atoms with Gasteiger partial charge in [0.2, 0.25) is 0 Å².